The van der Waals surface area contributed by atoms with Gasteiger partial charge in [0.25, 0.3) is 0 Å². The van der Waals surface area contributed by atoms with Crippen LogP contribution in [0.1, 0.15) is 24.8 Å². The maximum Gasteiger partial charge on any atom is 0.246 e. The molecule has 3 heterocycles. The van der Waals surface area contributed by atoms with Crippen molar-refractivity contribution in [1.82, 2.24) is 15.1 Å². The zero-order valence-corrected chi connectivity index (χ0v) is 16.2. The van der Waals surface area contributed by atoms with Crippen molar-refractivity contribution in [2.75, 3.05) is 49.1 Å². The van der Waals surface area contributed by atoms with Gasteiger partial charge in [0.05, 0.1) is 0 Å². The molecule has 6 heteroatoms. The number of anilines is 2. The quantitative estimate of drug-likeness (QED) is 0.767. The lowest BCUT2D eigenvalue weighted by Crippen LogP contribution is -2.48. The van der Waals surface area contributed by atoms with Gasteiger partial charge >= 0.3 is 0 Å². The second-order valence-electron chi connectivity index (χ2n) is 7.35. The SMILES string of the molecule is O=C(/C=C/c1ccccc1)N1CCN(c2ccc(N3CCCCC3)nn2)CC1. The lowest BCUT2D eigenvalue weighted by Gasteiger charge is -2.35. The van der Waals surface area contributed by atoms with Crippen LogP contribution in [0, 0.1) is 0 Å². The highest BCUT2D eigenvalue weighted by Gasteiger charge is 2.21. The summed E-state index contributed by atoms with van der Waals surface area (Å²) in [5.74, 6) is 1.94. The fraction of sp³-hybridized carbons (Fsp3) is 0.409. The summed E-state index contributed by atoms with van der Waals surface area (Å²) in [6.45, 7) is 5.11. The summed E-state index contributed by atoms with van der Waals surface area (Å²) in [6.07, 6.45) is 7.32. The number of piperazine rings is 1. The van der Waals surface area contributed by atoms with Crippen molar-refractivity contribution in [2.24, 2.45) is 0 Å². The summed E-state index contributed by atoms with van der Waals surface area (Å²) < 4.78 is 0. The molecular weight excluding hydrogens is 350 g/mol. The maximum absolute atomic E-state index is 12.4. The minimum atomic E-state index is 0.0648. The molecule has 4 rings (SSSR count). The van der Waals surface area contributed by atoms with E-state index in [1.807, 2.05) is 41.3 Å². The van der Waals surface area contributed by atoms with E-state index < -0.39 is 0 Å². The van der Waals surface area contributed by atoms with Crippen molar-refractivity contribution in [1.29, 1.82) is 0 Å². The molecular formula is C22H27N5O. The van der Waals surface area contributed by atoms with E-state index in [0.717, 1.165) is 43.4 Å². The first-order valence-electron chi connectivity index (χ1n) is 10.2. The predicted octanol–water partition coefficient (Wildman–Crippen LogP) is 2.83. The van der Waals surface area contributed by atoms with Gasteiger partial charge in [0.1, 0.15) is 0 Å². The largest absolute Gasteiger partial charge is 0.355 e. The number of hydrogen-bond acceptors (Lipinski definition) is 5. The summed E-state index contributed by atoms with van der Waals surface area (Å²) >= 11 is 0. The molecule has 0 N–H and O–H groups in total. The Morgan fingerprint density at radius 2 is 1.36 bits per heavy atom. The van der Waals surface area contributed by atoms with Crippen LogP contribution in [0.4, 0.5) is 11.6 Å². The maximum atomic E-state index is 12.4. The van der Waals surface area contributed by atoms with Crippen LogP contribution in [0.2, 0.25) is 0 Å². The van der Waals surface area contributed by atoms with Gasteiger partial charge in [-0.3, -0.25) is 4.79 Å². The number of hydrogen-bond donors (Lipinski definition) is 0. The van der Waals surface area contributed by atoms with Crippen LogP contribution in [0.15, 0.2) is 48.5 Å². The first-order valence-corrected chi connectivity index (χ1v) is 10.2. The van der Waals surface area contributed by atoms with Gasteiger partial charge in [0.2, 0.25) is 5.91 Å². The molecule has 0 saturated carbocycles. The highest BCUT2D eigenvalue weighted by molar-refractivity contribution is 5.91. The molecule has 2 aliphatic rings. The topological polar surface area (TPSA) is 52.6 Å². The van der Waals surface area contributed by atoms with Gasteiger partial charge in [-0.15, -0.1) is 10.2 Å². The fourth-order valence-electron chi connectivity index (χ4n) is 3.77. The molecule has 0 aliphatic carbocycles. The predicted molar refractivity (Wildman–Crippen MR) is 112 cm³/mol. The summed E-state index contributed by atoms with van der Waals surface area (Å²) in [5, 5.41) is 8.88. The van der Waals surface area contributed by atoms with Crippen molar-refractivity contribution >= 4 is 23.6 Å². The monoisotopic (exact) mass is 377 g/mol. The van der Waals surface area contributed by atoms with Crippen LogP contribution in [0.3, 0.4) is 0 Å². The molecule has 2 aliphatic heterocycles. The van der Waals surface area contributed by atoms with E-state index in [1.165, 1.54) is 19.3 Å². The number of carbonyl (C=O) groups is 1. The van der Waals surface area contributed by atoms with Gasteiger partial charge in [-0.1, -0.05) is 30.3 Å². The molecule has 0 bridgehead atoms. The van der Waals surface area contributed by atoms with E-state index in [0.29, 0.717) is 13.1 Å². The van der Waals surface area contributed by atoms with Crippen molar-refractivity contribution in [3.05, 3.63) is 54.1 Å². The molecule has 1 amide bonds. The summed E-state index contributed by atoms with van der Waals surface area (Å²) in [4.78, 5) is 18.8. The third-order valence-electron chi connectivity index (χ3n) is 5.45. The van der Waals surface area contributed by atoms with Crippen LogP contribution in [0.5, 0.6) is 0 Å². The first-order chi connectivity index (χ1) is 13.8. The minimum absolute atomic E-state index is 0.0648. The van der Waals surface area contributed by atoms with E-state index in [-0.39, 0.29) is 5.91 Å². The molecule has 146 valence electrons. The Morgan fingerprint density at radius 3 is 1.96 bits per heavy atom. The molecule has 1 aromatic carbocycles. The third kappa shape index (κ3) is 4.50. The van der Waals surface area contributed by atoms with Gasteiger partial charge in [-0.05, 0) is 43.0 Å². The number of piperidine rings is 1. The van der Waals surface area contributed by atoms with E-state index in [2.05, 4.69) is 32.1 Å². The number of aromatic nitrogens is 2. The molecule has 2 fully saturated rings. The van der Waals surface area contributed by atoms with Crippen molar-refractivity contribution < 1.29 is 4.79 Å². The Bertz CT molecular complexity index is 791. The van der Waals surface area contributed by atoms with Gasteiger partial charge in [-0.25, -0.2) is 0 Å². The number of benzene rings is 1. The first kappa shape index (κ1) is 18.5. The van der Waals surface area contributed by atoms with Crippen LogP contribution < -0.4 is 9.80 Å². The summed E-state index contributed by atoms with van der Waals surface area (Å²) in [6, 6.07) is 14.0. The minimum Gasteiger partial charge on any atom is -0.355 e. The van der Waals surface area contributed by atoms with Gasteiger partial charge in [0, 0.05) is 45.3 Å². The fourth-order valence-corrected chi connectivity index (χ4v) is 3.77. The third-order valence-corrected chi connectivity index (χ3v) is 5.45. The standard InChI is InChI=1S/C22H27N5O/c28-22(12-9-19-7-3-1-4-8-19)27-17-15-26(16-18-27)21-11-10-20(23-24-21)25-13-5-2-6-14-25/h1,3-4,7-12H,2,5-6,13-18H2/b12-9+. The average molecular weight is 377 g/mol. The van der Waals surface area contributed by atoms with Crippen LogP contribution in [0.25, 0.3) is 6.08 Å². The van der Waals surface area contributed by atoms with E-state index in [9.17, 15) is 4.79 Å². The number of rotatable bonds is 4. The summed E-state index contributed by atoms with van der Waals surface area (Å²) in [7, 11) is 0. The second-order valence-corrected chi connectivity index (χ2v) is 7.35. The molecule has 2 saturated heterocycles. The second kappa shape index (κ2) is 8.87. The zero-order chi connectivity index (χ0) is 19.2. The average Bonchev–Trinajstić information content (AvgIpc) is 2.79. The molecule has 28 heavy (non-hydrogen) atoms. The molecule has 0 radical (unpaired) electrons. The smallest absolute Gasteiger partial charge is 0.246 e. The Balaban J connectivity index is 1.30. The lowest BCUT2D eigenvalue weighted by atomic mass is 10.1. The summed E-state index contributed by atoms with van der Waals surface area (Å²) in [5.41, 5.74) is 1.04. The Labute approximate surface area is 166 Å². The van der Waals surface area contributed by atoms with E-state index in [1.54, 1.807) is 6.08 Å². The Kier molecular flexibility index (Phi) is 5.85. The zero-order valence-electron chi connectivity index (χ0n) is 16.2. The van der Waals surface area contributed by atoms with Crippen LogP contribution in [-0.2, 0) is 4.79 Å². The van der Waals surface area contributed by atoms with Gasteiger partial charge in [0.15, 0.2) is 11.6 Å². The molecule has 2 aromatic rings. The number of nitrogens with zero attached hydrogens (tertiary/aromatic N) is 5. The van der Waals surface area contributed by atoms with Gasteiger partial charge < -0.3 is 14.7 Å². The normalized spacial score (nSPS) is 17.9. The van der Waals surface area contributed by atoms with Crippen molar-refractivity contribution in [2.45, 2.75) is 19.3 Å². The van der Waals surface area contributed by atoms with E-state index in [4.69, 9.17) is 0 Å². The molecule has 0 atom stereocenters. The number of carbonyl (C=O) groups excluding carboxylic acids is 1. The van der Waals surface area contributed by atoms with Crippen molar-refractivity contribution in [3.63, 3.8) is 0 Å². The highest BCUT2D eigenvalue weighted by atomic mass is 16.2. The molecule has 0 unspecified atom stereocenters. The lowest BCUT2D eigenvalue weighted by molar-refractivity contribution is -0.126. The Morgan fingerprint density at radius 1 is 0.750 bits per heavy atom. The molecule has 1 aromatic heterocycles. The highest BCUT2D eigenvalue weighted by Crippen LogP contribution is 2.20. The van der Waals surface area contributed by atoms with Crippen LogP contribution >= 0.6 is 0 Å². The van der Waals surface area contributed by atoms with E-state index >= 15 is 0 Å². The number of amides is 1. The Hall–Kier alpha value is -2.89. The van der Waals surface area contributed by atoms with Crippen molar-refractivity contribution in [3.8, 4) is 0 Å². The molecule has 0 spiro atoms. The van der Waals surface area contributed by atoms with Gasteiger partial charge in [-0.2, -0.15) is 0 Å². The van der Waals surface area contributed by atoms with Crippen LogP contribution in [-0.4, -0.2) is 60.3 Å². The molecule has 6 nitrogen and oxygen atoms in total.